The first-order valence-corrected chi connectivity index (χ1v) is 8.86. The van der Waals surface area contributed by atoms with Gasteiger partial charge in [-0.05, 0) is 82.2 Å². The molecule has 1 rings (SSSR count). The Hall–Kier alpha value is -0.0600. The number of benzene rings is 1. The normalized spacial score (nSPS) is 12.8. The van der Waals surface area contributed by atoms with E-state index in [-0.39, 0.29) is 0 Å². The summed E-state index contributed by atoms with van der Waals surface area (Å²) >= 11 is 7.15. The second-order valence-electron chi connectivity index (χ2n) is 5.57. The highest BCUT2D eigenvalue weighted by Gasteiger charge is 2.09. The Balaban J connectivity index is 2.56. The van der Waals surface area contributed by atoms with Crippen LogP contribution in [-0.4, -0.2) is 12.6 Å². The molecule has 4 heteroatoms. The molecule has 1 aromatic carbocycles. The van der Waals surface area contributed by atoms with Gasteiger partial charge in [0, 0.05) is 12.6 Å². The Morgan fingerprint density at radius 2 is 1.70 bits per heavy atom. The van der Waals surface area contributed by atoms with Crippen LogP contribution in [0.1, 0.15) is 46.1 Å². The lowest BCUT2D eigenvalue weighted by Gasteiger charge is -2.16. The average Bonchev–Trinajstić information content (AvgIpc) is 2.38. The maximum Gasteiger partial charge on any atom is 0.147 e. The van der Waals surface area contributed by atoms with Gasteiger partial charge in [0.25, 0.3) is 0 Å². The molecule has 0 saturated heterocycles. The van der Waals surface area contributed by atoms with Gasteiger partial charge in [-0.15, -0.1) is 0 Å². The van der Waals surface area contributed by atoms with Gasteiger partial charge in [0.05, 0.1) is 15.6 Å². The molecule has 0 aliphatic carbocycles. The molecule has 0 fully saturated rings. The van der Waals surface area contributed by atoms with E-state index >= 15 is 0 Å². The summed E-state index contributed by atoms with van der Waals surface area (Å²) in [6.45, 7) is 10.3. The SMILES string of the molecule is CCOc1c(Br)cc(CNC(C)CCC(C)C)cc1Br. The van der Waals surface area contributed by atoms with Crippen molar-refractivity contribution in [3.8, 4) is 5.75 Å². The lowest BCUT2D eigenvalue weighted by Crippen LogP contribution is -2.25. The van der Waals surface area contributed by atoms with E-state index in [2.05, 4.69) is 70.1 Å². The van der Waals surface area contributed by atoms with Crippen LogP contribution in [-0.2, 0) is 6.54 Å². The van der Waals surface area contributed by atoms with Crippen LogP contribution in [0.5, 0.6) is 5.75 Å². The highest BCUT2D eigenvalue weighted by atomic mass is 79.9. The highest BCUT2D eigenvalue weighted by molar-refractivity contribution is 9.11. The van der Waals surface area contributed by atoms with Gasteiger partial charge in [0.2, 0.25) is 0 Å². The van der Waals surface area contributed by atoms with Gasteiger partial charge in [0.15, 0.2) is 0 Å². The van der Waals surface area contributed by atoms with E-state index in [9.17, 15) is 0 Å². The smallest absolute Gasteiger partial charge is 0.147 e. The monoisotopic (exact) mass is 405 g/mol. The molecule has 0 heterocycles. The second-order valence-corrected chi connectivity index (χ2v) is 7.28. The number of ether oxygens (including phenoxy) is 1. The van der Waals surface area contributed by atoms with Crippen LogP contribution in [0.15, 0.2) is 21.1 Å². The molecule has 1 atom stereocenters. The van der Waals surface area contributed by atoms with Gasteiger partial charge >= 0.3 is 0 Å². The molecule has 0 aliphatic rings. The minimum Gasteiger partial charge on any atom is -0.492 e. The number of rotatable bonds is 8. The number of halogens is 2. The minimum atomic E-state index is 0.543. The molecular weight excluding hydrogens is 382 g/mol. The first-order chi connectivity index (χ1) is 9.43. The molecule has 0 radical (unpaired) electrons. The van der Waals surface area contributed by atoms with Crippen molar-refractivity contribution in [2.45, 2.75) is 53.1 Å². The van der Waals surface area contributed by atoms with Crippen molar-refractivity contribution in [2.75, 3.05) is 6.61 Å². The third kappa shape index (κ3) is 6.15. The molecule has 2 nitrogen and oxygen atoms in total. The van der Waals surface area contributed by atoms with Crippen LogP contribution in [0.25, 0.3) is 0 Å². The standard InChI is InChI=1S/C16H25Br2NO/c1-5-20-16-14(17)8-13(9-15(16)18)10-19-12(4)7-6-11(2)3/h8-9,11-12,19H,5-7,10H2,1-4H3. The van der Waals surface area contributed by atoms with Crippen LogP contribution in [0.4, 0.5) is 0 Å². The summed E-state index contributed by atoms with van der Waals surface area (Å²) < 4.78 is 7.60. The zero-order chi connectivity index (χ0) is 15.1. The first kappa shape index (κ1) is 18.0. The molecule has 114 valence electrons. The first-order valence-electron chi connectivity index (χ1n) is 7.28. The van der Waals surface area contributed by atoms with Gasteiger partial charge in [-0.1, -0.05) is 13.8 Å². The third-order valence-corrected chi connectivity index (χ3v) is 4.36. The maximum absolute atomic E-state index is 5.60. The van der Waals surface area contributed by atoms with Crippen LogP contribution >= 0.6 is 31.9 Å². The molecule has 20 heavy (non-hydrogen) atoms. The van der Waals surface area contributed by atoms with Crippen molar-refractivity contribution in [1.82, 2.24) is 5.32 Å². The van der Waals surface area contributed by atoms with Crippen LogP contribution < -0.4 is 10.1 Å². The number of nitrogens with one attached hydrogen (secondary N) is 1. The molecule has 0 bridgehead atoms. The average molecular weight is 407 g/mol. The largest absolute Gasteiger partial charge is 0.492 e. The fraction of sp³-hybridized carbons (Fsp3) is 0.625. The topological polar surface area (TPSA) is 21.3 Å². The quantitative estimate of drug-likeness (QED) is 0.613. The lowest BCUT2D eigenvalue weighted by molar-refractivity contribution is 0.336. The van der Waals surface area contributed by atoms with Crippen LogP contribution in [0, 0.1) is 5.92 Å². The summed E-state index contributed by atoms with van der Waals surface area (Å²) in [5, 5.41) is 3.58. The molecule has 0 spiro atoms. The van der Waals surface area contributed by atoms with E-state index in [4.69, 9.17) is 4.74 Å². The summed E-state index contributed by atoms with van der Waals surface area (Å²) in [6.07, 6.45) is 2.49. The van der Waals surface area contributed by atoms with E-state index in [0.29, 0.717) is 12.6 Å². The van der Waals surface area contributed by atoms with Gasteiger partial charge in [0.1, 0.15) is 5.75 Å². The van der Waals surface area contributed by atoms with Crippen molar-refractivity contribution >= 4 is 31.9 Å². The fourth-order valence-corrected chi connectivity index (χ4v) is 3.48. The van der Waals surface area contributed by atoms with Crippen LogP contribution in [0.2, 0.25) is 0 Å². The van der Waals surface area contributed by atoms with Crippen molar-refractivity contribution in [2.24, 2.45) is 5.92 Å². The van der Waals surface area contributed by atoms with E-state index in [0.717, 1.165) is 27.2 Å². The van der Waals surface area contributed by atoms with Crippen molar-refractivity contribution < 1.29 is 4.74 Å². The Labute approximate surface area is 139 Å². The lowest BCUT2D eigenvalue weighted by atomic mass is 10.0. The molecule has 1 aromatic rings. The zero-order valence-corrected chi connectivity index (χ0v) is 16.0. The van der Waals surface area contributed by atoms with E-state index in [1.807, 2.05) is 6.92 Å². The Morgan fingerprint density at radius 1 is 1.10 bits per heavy atom. The van der Waals surface area contributed by atoms with Crippen molar-refractivity contribution in [3.05, 3.63) is 26.6 Å². The van der Waals surface area contributed by atoms with Crippen LogP contribution in [0.3, 0.4) is 0 Å². The summed E-state index contributed by atoms with van der Waals surface area (Å²) in [5.74, 6) is 1.65. The highest BCUT2D eigenvalue weighted by Crippen LogP contribution is 2.34. The van der Waals surface area contributed by atoms with Gasteiger partial charge in [-0.25, -0.2) is 0 Å². The summed E-state index contributed by atoms with van der Waals surface area (Å²) in [7, 11) is 0. The Morgan fingerprint density at radius 3 is 2.20 bits per heavy atom. The van der Waals surface area contributed by atoms with E-state index in [1.165, 1.54) is 18.4 Å². The Kier molecular flexibility index (Phi) is 8.15. The predicted molar refractivity (Wildman–Crippen MR) is 93.4 cm³/mol. The minimum absolute atomic E-state index is 0.543. The molecule has 0 aromatic heterocycles. The summed E-state index contributed by atoms with van der Waals surface area (Å²) in [4.78, 5) is 0. The van der Waals surface area contributed by atoms with Crippen molar-refractivity contribution in [1.29, 1.82) is 0 Å². The van der Waals surface area contributed by atoms with Gasteiger partial charge < -0.3 is 10.1 Å². The third-order valence-electron chi connectivity index (χ3n) is 3.18. The predicted octanol–water partition coefficient (Wildman–Crippen LogP) is 5.52. The van der Waals surface area contributed by atoms with Gasteiger partial charge in [-0.2, -0.15) is 0 Å². The molecule has 0 aliphatic heterocycles. The van der Waals surface area contributed by atoms with Gasteiger partial charge in [-0.3, -0.25) is 0 Å². The maximum atomic E-state index is 5.60. The summed E-state index contributed by atoms with van der Waals surface area (Å²) in [5.41, 5.74) is 1.25. The fourth-order valence-electron chi connectivity index (χ4n) is 1.97. The number of hydrogen-bond donors (Lipinski definition) is 1. The molecule has 0 saturated carbocycles. The molecule has 1 unspecified atom stereocenters. The summed E-state index contributed by atoms with van der Waals surface area (Å²) in [6, 6.07) is 4.79. The molecule has 0 amide bonds. The molecule has 1 N–H and O–H groups in total. The second kappa shape index (κ2) is 9.06. The molecular formula is C16H25Br2NO. The van der Waals surface area contributed by atoms with E-state index in [1.54, 1.807) is 0 Å². The zero-order valence-electron chi connectivity index (χ0n) is 12.8. The number of hydrogen-bond acceptors (Lipinski definition) is 2. The van der Waals surface area contributed by atoms with Crippen molar-refractivity contribution in [3.63, 3.8) is 0 Å². The Bertz CT molecular complexity index is 398. The van der Waals surface area contributed by atoms with E-state index < -0.39 is 0 Å².